The molecule has 0 unspecified atom stereocenters. The zero-order valence-corrected chi connectivity index (χ0v) is 22.6. The quantitative estimate of drug-likeness (QED) is 0.303. The van der Waals surface area contributed by atoms with Crippen molar-refractivity contribution >= 4 is 16.8 Å². The summed E-state index contributed by atoms with van der Waals surface area (Å²) < 4.78 is 1.55. The molecular weight excluding hydrogens is 498 g/mol. The predicted molar refractivity (Wildman–Crippen MR) is 157 cm³/mol. The first-order valence-electron chi connectivity index (χ1n) is 13.7. The highest BCUT2D eigenvalue weighted by Gasteiger charge is 2.35. The van der Waals surface area contributed by atoms with E-state index in [1.807, 2.05) is 37.4 Å². The number of aromatic nitrogens is 3. The smallest absolute Gasteiger partial charge is 0.251 e. The van der Waals surface area contributed by atoms with Crippen molar-refractivity contribution in [2.75, 3.05) is 13.1 Å². The van der Waals surface area contributed by atoms with Gasteiger partial charge in [-0.3, -0.25) is 19.5 Å². The average molecular weight is 532 g/mol. The number of nitrogens with zero attached hydrogens (tertiary/aromatic N) is 3. The van der Waals surface area contributed by atoms with Crippen LogP contribution in [0.3, 0.4) is 0 Å². The molecule has 2 aromatic carbocycles. The predicted octanol–water partition coefficient (Wildman–Crippen LogP) is 4.73. The van der Waals surface area contributed by atoms with E-state index in [-0.39, 0.29) is 29.8 Å². The van der Waals surface area contributed by atoms with Gasteiger partial charge < -0.3 is 14.9 Å². The fourth-order valence-electron chi connectivity index (χ4n) is 5.89. The molecule has 7 nitrogen and oxygen atoms in total. The van der Waals surface area contributed by atoms with E-state index in [0.29, 0.717) is 6.54 Å². The SMILES string of the molecule is Cc1cc([C@H]2CN(Cc3ccccc3)C[C@@H]2c2ccccc2)cc(=O)n1CC(=O)NCc1cc2cc[nH]c2cn1. The zero-order chi connectivity index (χ0) is 27.5. The summed E-state index contributed by atoms with van der Waals surface area (Å²) in [6.45, 7) is 4.87. The number of likely N-dealkylation sites (tertiary alicyclic amines) is 1. The lowest BCUT2D eigenvalue weighted by Crippen LogP contribution is -2.33. The van der Waals surface area contributed by atoms with Crippen molar-refractivity contribution < 1.29 is 4.79 Å². The molecule has 7 heteroatoms. The third-order valence-corrected chi connectivity index (χ3v) is 7.92. The van der Waals surface area contributed by atoms with E-state index in [1.54, 1.807) is 16.8 Å². The summed E-state index contributed by atoms with van der Waals surface area (Å²) in [5.74, 6) is 0.258. The van der Waals surface area contributed by atoms with Crippen LogP contribution < -0.4 is 10.9 Å². The lowest BCUT2D eigenvalue weighted by Gasteiger charge is -2.21. The molecule has 1 fully saturated rings. The number of carbonyl (C=O) groups is 1. The maximum absolute atomic E-state index is 13.3. The van der Waals surface area contributed by atoms with Crippen molar-refractivity contribution in [3.63, 3.8) is 0 Å². The van der Waals surface area contributed by atoms with Crippen molar-refractivity contribution in [3.8, 4) is 0 Å². The maximum Gasteiger partial charge on any atom is 0.251 e. The lowest BCUT2D eigenvalue weighted by molar-refractivity contribution is -0.121. The summed E-state index contributed by atoms with van der Waals surface area (Å²) >= 11 is 0. The van der Waals surface area contributed by atoms with Gasteiger partial charge in [0.1, 0.15) is 6.54 Å². The second-order valence-electron chi connectivity index (χ2n) is 10.7. The zero-order valence-electron chi connectivity index (χ0n) is 22.6. The van der Waals surface area contributed by atoms with Gasteiger partial charge >= 0.3 is 0 Å². The highest BCUT2D eigenvalue weighted by atomic mass is 16.2. The first-order valence-corrected chi connectivity index (χ1v) is 13.7. The molecule has 3 aromatic heterocycles. The van der Waals surface area contributed by atoms with Gasteiger partial charge in [0.25, 0.3) is 5.56 Å². The molecule has 0 saturated carbocycles. The topological polar surface area (TPSA) is 83.0 Å². The van der Waals surface area contributed by atoms with Gasteiger partial charge in [-0.1, -0.05) is 60.7 Å². The second kappa shape index (κ2) is 11.3. The molecule has 2 N–H and O–H groups in total. The number of benzene rings is 2. The van der Waals surface area contributed by atoms with Crippen molar-refractivity contribution in [1.82, 2.24) is 24.8 Å². The number of aromatic amines is 1. The van der Waals surface area contributed by atoms with Gasteiger partial charge in [-0.15, -0.1) is 0 Å². The standard InChI is InChI=1S/C33H33N5O2/c1-23-14-27(16-33(40)38(23)22-32(39)36-17-28-15-26-12-13-34-31(26)18-35-28)30-21-37(19-24-8-4-2-5-9-24)20-29(30)25-10-6-3-7-11-25/h2-16,18,29-30,34H,17,19-22H2,1H3,(H,36,39)/t29-,30-/m1/s1. The molecule has 6 rings (SSSR count). The summed E-state index contributed by atoms with van der Waals surface area (Å²) in [6.07, 6.45) is 3.62. The molecule has 1 amide bonds. The van der Waals surface area contributed by atoms with Crippen LogP contribution in [-0.4, -0.2) is 38.4 Å². The fraction of sp³-hybridized carbons (Fsp3) is 0.242. The Labute approximate surface area is 233 Å². The third-order valence-electron chi connectivity index (χ3n) is 7.92. The van der Waals surface area contributed by atoms with Crippen LogP contribution in [0.5, 0.6) is 0 Å². The molecule has 4 heterocycles. The molecule has 5 aromatic rings. The largest absolute Gasteiger partial charge is 0.360 e. The number of carbonyl (C=O) groups excluding carboxylic acids is 1. The van der Waals surface area contributed by atoms with E-state index in [2.05, 4.69) is 74.8 Å². The summed E-state index contributed by atoms with van der Waals surface area (Å²) in [7, 11) is 0. The van der Waals surface area contributed by atoms with Crippen molar-refractivity contribution in [2.24, 2.45) is 0 Å². The average Bonchev–Trinajstić information content (AvgIpc) is 3.62. The van der Waals surface area contributed by atoms with E-state index in [1.165, 1.54) is 11.1 Å². The summed E-state index contributed by atoms with van der Waals surface area (Å²) in [4.78, 5) is 36.1. The fourth-order valence-corrected chi connectivity index (χ4v) is 5.89. The van der Waals surface area contributed by atoms with Crippen LogP contribution >= 0.6 is 0 Å². The van der Waals surface area contributed by atoms with Crippen LogP contribution in [0.1, 0.15) is 39.9 Å². The van der Waals surface area contributed by atoms with Gasteiger partial charge in [-0.2, -0.15) is 0 Å². The molecular formula is C33H33N5O2. The van der Waals surface area contributed by atoms with Crippen LogP contribution in [-0.2, 0) is 24.4 Å². The van der Waals surface area contributed by atoms with E-state index in [4.69, 9.17) is 0 Å². The minimum atomic E-state index is -0.217. The Morgan fingerprint density at radius 1 is 0.950 bits per heavy atom. The Morgan fingerprint density at radius 2 is 1.68 bits per heavy atom. The number of rotatable bonds is 8. The van der Waals surface area contributed by atoms with Crippen molar-refractivity contribution in [2.45, 2.75) is 38.4 Å². The van der Waals surface area contributed by atoms with Crippen LogP contribution in [0.15, 0.2) is 102 Å². The minimum Gasteiger partial charge on any atom is -0.360 e. The molecule has 1 aliphatic heterocycles. The van der Waals surface area contributed by atoms with Crippen LogP contribution in [0.25, 0.3) is 10.9 Å². The summed E-state index contributed by atoms with van der Waals surface area (Å²) in [5, 5.41) is 3.95. The van der Waals surface area contributed by atoms with Gasteiger partial charge in [0.2, 0.25) is 5.91 Å². The van der Waals surface area contributed by atoms with Crippen LogP contribution in [0, 0.1) is 6.92 Å². The third kappa shape index (κ3) is 5.60. The molecule has 0 spiro atoms. The highest BCUT2D eigenvalue weighted by molar-refractivity contribution is 5.79. The molecule has 1 saturated heterocycles. The molecule has 0 bridgehead atoms. The number of hydrogen-bond acceptors (Lipinski definition) is 4. The molecule has 40 heavy (non-hydrogen) atoms. The Morgan fingerprint density at radius 3 is 2.42 bits per heavy atom. The summed E-state index contributed by atoms with van der Waals surface area (Å²) in [6, 6.07) is 28.8. The number of fused-ring (bicyclic) bond motifs is 1. The van der Waals surface area contributed by atoms with Crippen LogP contribution in [0.2, 0.25) is 0 Å². The van der Waals surface area contributed by atoms with Gasteiger partial charge in [-0.05, 0) is 41.8 Å². The van der Waals surface area contributed by atoms with E-state index >= 15 is 0 Å². The van der Waals surface area contributed by atoms with Gasteiger partial charge in [0.05, 0.1) is 24.0 Å². The maximum atomic E-state index is 13.3. The number of aryl methyl sites for hydroxylation is 1. The number of H-pyrrole nitrogens is 1. The Balaban J connectivity index is 1.18. The first-order chi connectivity index (χ1) is 19.5. The number of pyridine rings is 2. The molecule has 1 aliphatic rings. The number of hydrogen-bond donors (Lipinski definition) is 2. The Kier molecular flexibility index (Phi) is 7.29. The first kappa shape index (κ1) is 25.8. The van der Waals surface area contributed by atoms with Gasteiger partial charge in [0, 0.05) is 54.8 Å². The van der Waals surface area contributed by atoms with Gasteiger partial charge in [-0.25, -0.2) is 0 Å². The minimum absolute atomic E-state index is 0.0236. The Hall–Kier alpha value is -4.49. The highest BCUT2D eigenvalue weighted by Crippen LogP contribution is 2.40. The van der Waals surface area contributed by atoms with Crippen molar-refractivity contribution in [3.05, 3.63) is 136 Å². The molecule has 0 aliphatic carbocycles. The van der Waals surface area contributed by atoms with Crippen molar-refractivity contribution in [1.29, 1.82) is 0 Å². The van der Waals surface area contributed by atoms with E-state index in [0.717, 1.165) is 47.5 Å². The normalized spacial score (nSPS) is 17.3. The number of nitrogens with one attached hydrogen (secondary N) is 2. The van der Waals surface area contributed by atoms with E-state index < -0.39 is 0 Å². The molecule has 202 valence electrons. The number of amides is 1. The summed E-state index contributed by atoms with van der Waals surface area (Å²) in [5.41, 5.74) is 5.98. The van der Waals surface area contributed by atoms with E-state index in [9.17, 15) is 9.59 Å². The second-order valence-corrected chi connectivity index (χ2v) is 10.7. The molecule has 0 radical (unpaired) electrons. The molecule has 2 atom stereocenters. The van der Waals surface area contributed by atoms with Crippen LogP contribution in [0.4, 0.5) is 0 Å². The monoisotopic (exact) mass is 531 g/mol. The Bertz CT molecular complexity index is 1680. The lowest BCUT2D eigenvalue weighted by atomic mass is 9.84. The van der Waals surface area contributed by atoms with Gasteiger partial charge in [0.15, 0.2) is 0 Å².